The number of nitrogens with one attached hydrogen (secondary N) is 1. The number of hydrogen-bond acceptors (Lipinski definition) is 3. The van der Waals surface area contributed by atoms with Gasteiger partial charge in [0.2, 0.25) is 0 Å². The van der Waals surface area contributed by atoms with E-state index in [1.165, 1.54) is 12.4 Å². The van der Waals surface area contributed by atoms with Gasteiger partial charge in [0.25, 0.3) is 5.91 Å². The molecule has 0 aliphatic carbocycles. The first-order valence-electron chi connectivity index (χ1n) is 4.80. The molecule has 1 amide bonds. The molecule has 2 aromatic rings. The zero-order valence-corrected chi connectivity index (χ0v) is 11.9. The number of aromatic nitrogens is 2. The van der Waals surface area contributed by atoms with Gasteiger partial charge in [-0.05, 0) is 34.1 Å². The predicted octanol–water partition coefficient (Wildman–Crippen LogP) is 3.80. The minimum Gasteiger partial charge on any atom is -0.306 e. The molecule has 7 heteroatoms. The van der Waals surface area contributed by atoms with E-state index < -0.39 is 0 Å². The van der Waals surface area contributed by atoms with Crippen LogP contribution in [0.3, 0.4) is 0 Å². The van der Waals surface area contributed by atoms with Gasteiger partial charge in [-0.3, -0.25) is 4.79 Å². The molecule has 0 spiro atoms. The Bertz CT molecular complexity index is 607. The van der Waals surface area contributed by atoms with E-state index in [1.54, 1.807) is 18.2 Å². The van der Waals surface area contributed by atoms with Gasteiger partial charge in [0.15, 0.2) is 0 Å². The number of amides is 1. The Morgan fingerprint density at radius 3 is 2.67 bits per heavy atom. The SMILES string of the molecule is O=C(Nc1cc(Cl)ncn1)c1ccc(Br)c(Cl)c1. The first-order valence-corrected chi connectivity index (χ1v) is 6.35. The van der Waals surface area contributed by atoms with Crippen molar-refractivity contribution in [2.45, 2.75) is 0 Å². The summed E-state index contributed by atoms with van der Waals surface area (Å²) in [7, 11) is 0. The van der Waals surface area contributed by atoms with E-state index in [9.17, 15) is 4.79 Å². The lowest BCUT2D eigenvalue weighted by Gasteiger charge is -2.05. The highest BCUT2D eigenvalue weighted by atomic mass is 79.9. The molecule has 0 aliphatic rings. The maximum Gasteiger partial charge on any atom is 0.256 e. The monoisotopic (exact) mass is 345 g/mol. The van der Waals surface area contributed by atoms with Crippen LogP contribution >= 0.6 is 39.1 Å². The van der Waals surface area contributed by atoms with Crippen molar-refractivity contribution < 1.29 is 4.79 Å². The highest BCUT2D eigenvalue weighted by Crippen LogP contribution is 2.23. The number of rotatable bonds is 2. The Morgan fingerprint density at radius 2 is 2.00 bits per heavy atom. The largest absolute Gasteiger partial charge is 0.306 e. The fraction of sp³-hybridized carbons (Fsp3) is 0. The molecule has 1 heterocycles. The standard InChI is InChI=1S/C11H6BrCl2N3O/c12-7-2-1-6(3-8(7)13)11(18)17-10-4-9(14)15-5-16-10/h1-5H,(H,15,16,17,18). The van der Waals surface area contributed by atoms with Crippen LogP contribution in [-0.4, -0.2) is 15.9 Å². The van der Waals surface area contributed by atoms with Crippen molar-refractivity contribution in [2.75, 3.05) is 5.32 Å². The first-order chi connectivity index (χ1) is 8.56. The highest BCUT2D eigenvalue weighted by molar-refractivity contribution is 9.10. The molecule has 92 valence electrons. The van der Waals surface area contributed by atoms with Crippen LogP contribution in [0.15, 0.2) is 35.1 Å². The molecule has 0 unspecified atom stereocenters. The van der Waals surface area contributed by atoms with Crippen LogP contribution in [0.2, 0.25) is 10.2 Å². The summed E-state index contributed by atoms with van der Waals surface area (Å²) in [5, 5.41) is 3.32. The van der Waals surface area contributed by atoms with Crippen molar-refractivity contribution >= 4 is 50.9 Å². The number of anilines is 1. The van der Waals surface area contributed by atoms with Gasteiger partial charge in [-0.15, -0.1) is 0 Å². The second kappa shape index (κ2) is 5.65. The molecule has 1 aromatic carbocycles. The van der Waals surface area contributed by atoms with E-state index in [0.717, 1.165) is 4.47 Å². The van der Waals surface area contributed by atoms with Gasteiger partial charge >= 0.3 is 0 Å². The minimum atomic E-state index is -0.320. The molecule has 1 N–H and O–H groups in total. The van der Waals surface area contributed by atoms with Crippen LogP contribution in [0.5, 0.6) is 0 Å². The lowest BCUT2D eigenvalue weighted by molar-refractivity contribution is 0.102. The molecule has 0 bridgehead atoms. The molecule has 2 rings (SSSR count). The zero-order chi connectivity index (χ0) is 13.1. The fourth-order valence-corrected chi connectivity index (χ4v) is 1.80. The van der Waals surface area contributed by atoms with Gasteiger partial charge < -0.3 is 5.32 Å². The average Bonchev–Trinajstić information content (AvgIpc) is 2.32. The van der Waals surface area contributed by atoms with Gasteiger partial charge in [0.1, 0.15) is 17.3 Å². The molecule has 0 fully saturated rings. The summed E-state index contributed by atoms with van der Waals surface area (Å²) in [5.74, 6) is 0.0122. The third kappa shape index (κ3) is 3.19. The Balaban J connectivity index is 2.19. The van der Waals surface area contributed by atoms with Gasteiger partial charge in [-0.2, -0.15) is 0 Å². The quantitative estimate of drug-likeness (QED) is 0.841. The molecule has 1 aromatic heterocycles. The Morgan fingerprint density at radius 1 is 1.22 bits per heavy atom. The smallest absolute Gasteiger partial charge is 0.256 e. The second-order valence-electron chi connectivity index (χ2n) is 3.31. The summed E-state index contributed by atoms with van der Waals surface area (Å²) in [4.78, 5) is 19.5. The maximum absolute atomic E-state index is 11.9. The lowest BCUT2D eigenvalue weighted by Crippen LogP contribution is -2.13. The molecule has 18 heavy (non-hydrogen) atoms. The Hall–Kier alpha value is -1.17. The number of benzene rings is 1. The van der Waals surface area contributed by atoms with Gasteiger partial charge in [-0.1, -0.05) is 23.2 Å². The van der Waals surface area contributed by atoms with E-state index in [-0.39, 0.29) is 11.1 Å². The molecular formula is C11H6BrCl2N3O. The average molecular weight is 347 g/mol. The predicted molar refractivity (Wildman–Crippen MR) is 74.1 cm³/mol. The van der Waals surface area contributed by atoms with Crippen LogP contribution in [0, 0.1) is 0 Å². The molecule has 0 saturated carbocycles. The number of carbonyl (C=O) groups is 1. The molecule has 0 radical (unpaired) electrons. The number of nitrogens with zero attached hydrogens (tertiary/aromatic N) is 2. The molecular weight excluding hydrogens is 341 g/mol. The van der Waals surface area contributed by atoms with Crippen LogP contribution in [0.25, 0.3) is 0 Å². The molecule has 4 nitrogen and oxygen atoms in total. The van der Waals surface area contributed by atoms with E-state index in [4.69, 9.17) is 23.2 Å². The summed E-state index contributed by atoms with van der Waals surface area (Å²) in [6, 6.07) is 6.36. The first kappa shape index (κ1) is 13.3. The van der Waals surface area contributed by atoms with Crippen molar-refractivity contribution in [3.63, 3.8) is 0 Å². The lowest BCUT2D eigenvalue weighted by atomic mass is 10.2. The van der Waals surface area contributed by atoms with Crippen LogP contribution in [0.4, 0.5) is 5.82 Å². The molecule has 0 saturated heterocycles. The van der Waals surface area contributed by atoms with Crippen molar-refractivity contribution in [3.8, 4) is 0 Å². The van der Waals surface area contributed by atoms with Gasteiger partial charge in [0.05, 0.1) is 5.02 Å². The Kier molecular flexibility index (Phi) is 4.16. The third-order valence-electron chi connectivity index (χ3n) is 2.06. The second-order valence-corrected chi connectivity index (χ2v) is 4.96. The molecule has 0 aliphatic heterocycles. The van der Waals surface area contributed by atoms with Crippen LogP contribution in [0.1, 0.15) is 10.4 Å². The third-order valence-corrected chi connectivity index (χ3v) is 3.50. The van der Waals surface area contributed by atoms with Crippen molar-refractivity contribution in [1.82, 2.24) is 9.97 Å². The highest BCUT2D eigenvalue weighted by Gasteiger charge is 2.09. The summed E-state index contributed by atoms with van der Waals surface area (Å²) in [5.41, 5.74) is 0.429. The van der Waals surface area contributed by atoms with Crippen molar-refractivity contribution in [2.24, 2.45) is 0 Å². The fourth-order valence-electron chi connectivity index (χ4n) is 1.23. The zero-order valence-electron chi connectivity index (χ0n) is 8.82. The van der Waals surface area contributed by atoms with E-state index in [0.29, 0.717) is 16.4 Å². The summed E-state index contributed by atoms with van der Waals surface area (Å²) in [6.45, 7) is 0. The maximum atomic E-state index is 11.9. The number of carbonyl (C=O) groups excluding carboxylic acids is 1. The normalized spacial score (nSPS) is 10.2. The van der Waals surface area contributed by atoms with Gasteiger partial charge in [0, 0.05) is 16.1 Å². The van der Waals surface area contributed by atoms with E-state index in [2.05, 4.69) is 31.2 Å². The van der Waals surface area contributed by atoms with Crippen molar-refractivity contribution in [3.05, 3.63) is 50.8 Å². The molecule has 0 atom stereocenters. The topological polar surface area (TPSA) is 54.9 Å². The summed E-state index contributed by atoms with van der Waals surface area (Å²) >= 11 is 14.9. The summed E-state index contributed by atoms with van der Waals surface area (Å²) < 4.78 is 0.728. The minimum absolute atomic E-state index is 0.258. The summed E-state index contributed by atoms with van der Waals surface area (Å²) in [6.07, 6.45) is 1.27. The van der Waals surface area contributed by atoms with E-state index >= 15 is 0 Å². The van der Waals surface area contributed by atoms with Crippen LogP contribution < -0.4 is 5.32 Å². The Labute approximate surface area is 121 Å². The number of halogens is 3. The van der Waals surface area contributed by atoms with E-state index in [1.807, 2.05) is 0 Å². The van der Waals surface area contributed by atoms with Crippen molar-refractivity contribution in [1.29, 1.82) is 0 Å². The number of hydrogen-bond donors (Lipinski definition) is 1. The van der Waals surface area contributed by atoms with Crippen LogP contribution in [-0.2, 0) is 0 Å². The van der Waals surface area contributed by atoms with Gasteiger partial charge in [-0.25, -0.2) is 9.97 Å².